The van der Waals surface area contributed by atoms with Gasteiger partial charge in [0.1, 0.15) is 18.1 Å². The zero-order chi connectivity index (χ0) is 19.0. The number of carbonyl (C=O) groups excluding carboxylic acids is 1. The number of likely N-dealkylation sites (tertiary alicyclic amines) is 1. The molecular weight excluding hydrogens is 350 g/mol. The van der Waals surface area contributed by atoms with Gasteiger partial charge in [-0.1, -0.05) is 19.0 Å². The monoisotopic (exact) mass is 369 g/mol. The number of aromatic hydroxyl groups is 1. The quantitative estimate of drug-likeness (QED) is 0.739. The van der Waals surface area contributed by atoms with Gasteiger partial charge < -0.3 is 14.5 Å². The molecule has 0 radical (unpaired) electrons. The van der Waals surface area contributed by atoms with Crippen LogP contribution in [0.15, 0.2) is 29.0 Å². The molecule has 1 aliphatic heterocycles. The van der Waals surface area contributed by atoms with Crippen molar-refractivity contribution in [2.45, 2.75) is 38.6 Å². The fourth-order valence-electron chi connectivity index (χ4n) is 3.16. The van der Waals surface area contributed by atoms with Crippen LogP contribution in [-0.4, -0.2) is 52.8 Å². The summed E-state index contributed by atoms with van der Waals surface area (Å²) in [6.45, 7) is 4.53. The first-order chi connectivity index (χ1) is 13.0. The first-order valence-corrected chi connectivity index (χ1v) is 8.75. The Kier molecular flexibility index (Phi) is 4.30. The van der Waals surface area contributed by atoms with Crippen molar-refractivity contribution in [2.24, 2.45) is 0 Å². The molecule has 1 amide bonds. The molecule has 1 saturated heterocycles. The maximum atomic E-state index is 13.0. The van der Waals surface area contributed by atoms with Crippen molar-refractivity contribution in [3.8, 4) is 11.4 Å². The molecule has 2 aromatic heterocycles. The average molecular weight is 369 g/mol. The molecule has 0 unspecified atom stereocenters. The summed E-state index contributed by atoms with van der Waals surface area (Å²) in [6.07, 6.45) is 2.99. The molecule has 140 valence electrons. The summed E-state index contributed by atoms with van der Waals surface area (Å²) in [5.41, 5.74) is 0.771. The van der Waals surface area contributed by atoms with E-state index in [0.29, 0.717) is 23.9 Å². The molecule has 10 heteroatoms. The van der Waals surface area contributed by atoms with Gasteiger partial charge in [0.2, 0.25) is 5.89 Å². The number of phenols is 1. The summed E-state index contributed by atoms with van der Waals surface area (Å²) in [6, 6.07) is 4.42. The van der Waals surface area contributed by atoms with Crippen LogP contribution in [0.25, 0.3) is 5.69 Å². The van der Waals surface area contributed by atoms with Gasteiger partial charge in [0.15, 0.2) is 5.82 Å². The van der Waals surface area contributed by atoms with E-state index >= 15 is 0 Å². The Balaban J connectivity index is 1.59. The molecule has 10 nitrogen and oxygen atoms in total. The van der Waals surface area contributed by atoms with Gasteiger partial charge in [0.25, 0.3) is 5.91 Å². The first kappa shape index (κ1) is 17.1. The molecule has 1 fully saturated rings. The molecule has 4 rings (SSSR count). The predicted octanol–water partition coefficient (Wildman–Crippen LogP) is 1.85. The largest absolute Gasteiger partial charge is 0.507 e. The smallest absolute Gasteiger partial charge is 0.258 e. The number of hydrogen-bond acceptors (Lipinski definition) is 8. The molecule has 1 N–H and O–H groups in total. The highest BCUT2D eigenvalue weighted by Crippen LogP contribution is 2.34. The topological polar surface area (TPSA) is 123 Å². The molecule has 0 aliphatic carbocycles. The fourth-order valence-corrected chi connectivity index (χ4v) is 3.16. The Morgan fingerprint density at radius 1 is 1.37 bits per heavy atom. The van der Waals surface area contributed by atoms with Crippen molar-refractivity contribution in [1.82, 2.24) is 35.2 Å². The Hall–Kier alpha value is -3.30. The van der Waals surface area contributed by atoms with Crippen molar-refractivity contribution in [3.63, 3.8) is 0 Å². The highest BCUT2D eigenvalue weighted by molar-refractivity contribution is 5.97. The first-order valence-electron chi connectivity index (χ1n) is 8.75. The van der Waals surface area contributed by atoms with E-state index in [0.717, 1.165) is 12.8 Å². The Morgan fingerprint density at radius 2 is 2.22 bits per heavy atom. The normalized spacial score (nSPS) is 17.0. The van der Waals surface area contributed by atoms with Crippen molar-refractivity contribution < 1.29 is 14.4 Å². The highest BCUT2D eigenvalue weighted by atomic mass is 16.5. The zero-order valence-electron chi connectivity index (χ0n) is 15.0. The summed E-state index contributed by atoms with van der Waals surface area (Å²) in [7, 11) is 0. The van der Waals surface area contributed by atoms with E-state index < -0.39 is 0 Å². The van der Waals surface area contributed by atoms with E-state index in [9.17, 15) is 9.90 Å². The van der Waals surface area contributed by atoms with Gasteiger partial charge in [-0.2, -0.15) is 4.98 Å². The second-order valence-electron chi connectivity index (χ2n) is 6.76. The third-order valence-electron chi connectivity index (χ3n) is 4.60. The third kappa shape index (κ3) is 3.14. The third-order valence-corrected chi connectivity index (χ3v) is 4.60. The van der Waals surface area contributed by atoms with E-state index in [2.05, 4.69) is 25.7 Å². The minimum absolute atomic E-state index is 0.132. The lowest BCUT2D eigenvalue weighted by Gasteiger charge is -2.22. The zero-order valence-corrected chi connectivity index (χ0v) is 15.0. The minimum Gasteiger partial charge on any atom is -0.507 e. The van der Waals surface area contributed by atoms with E-state index in [1.807, 2.05) is 13.8 Å². The molecule has 0 spiro atoms. The van der Waals surface area contributed by atoms with Gasteiger partial charge in [-0.05, 0) is 35.4 Å². The van der Waals surface area contributed by atoms with Crippen LogP contribution >= 0.6 is 0 Å². The van der Waals surface area contributed by atoms with Crippen molar-refractivity contribution in [1.29, 1.82) is 0 Å². The minimum atomic E-state index is -0.281. The number of tetrazole rings is 1. The van der Waals surface area contributed by atoms with E-state index in [1.54, 1.807) is 17.0 Å². The molecular formula is C17H19N7O3. The van der Waals surface area contributed by atoms with Gasteiger partial charge >= 0.3 is 0 Å². The van der Waals surface area contributed by atoms with Crippen LogP contribution in [0.1, 0.15) is 60.7 Å². The Bertz CT molecular complexity index is 951. The molecule has 1 aromatic carbocycles. The summed E-state index contributed by atoms with van der Waals surface area (Å²) >= 11 is 0. The van der Waals surface area contributed by atoms with Gasteiger partial charge in [0.05, 0.1) is 11.3 Å². The SMILES string of the molecule is CC(C)c1noc([C@H]2CCCN2C(=O)c2ccc(-n3cnnn3)cc2O)n1. The number of hydrogen-bond donors (Lipinski definition) is 1. The second-order valence-corrected chi connectivity index (χ2v) is 6.76. The molecule has 3 aromatic rings. The lowest BCUT2D eigenvalue weighted by molar-refractivity contribution is 0.0707. The molecule has 0 bridgehead atoms. The van der Waals surface area contributed by atoms with Crippen molar-refractivity contribution in [2.75, 3.05) is 6.54 Å². The summed E-state index contributed by atoms with van der Waals surface area (Å²) in [5, 5.41) is 25.3. The lowest BCUT2D eigenvalue weighted by Crippen LogP contribution is -2.30. The summed E-state index contributed by atoms with van der Waals surface area (Å²) < 4.78 is 6.78. The predicted molar refractivity (Wildman–Crippen MR) is 92.2 cm³/mol. The number of nitrogens with zero attached hydrogens (tertiary/aromatic N) is 7. The molecule has 27 heavy (non-hydrogen) atoms. The van der Waals surface area contributed by atoms with E-state index in [4.69, 9.17) is 4.52 Å². The molecule has 3 heterocycles. The van der Waals surface area contributed by atoms with Crippen LogP contribution < -0.4 is 0 Å². The maximum absolute atomic E-state index is 13.0. The van der Waals surface area contributed by atoms with E-state index in [-0.39, 0.29) is 29.2 Å². The van der Waals surface area contributed by atoms with Crippen molar-refractivity contribution >= 4 is 5.91 Å². The molecule has 1 atom stereocenters. The standard InChI is InChI=1S/C17H19N7O3/c1-10(2)15-19-16(27-20-15)13-4-3-7-23(13)17(26)12-6-5-11(8-14(12)25)24-9-18-21-22-24/h5-6,8-10,13,25H,3-4,7H2,1-2H3/t13-/m1/s1. The van der Waals surface area contributed by atoms with Crippen LogP contribution in [0.4, 0.5) is 0 Å². The Morgan fingerprint density at radius 3 is 2.89 bits per heavy atom. The van der Waals surface area contributed by atoms with Crippen LogP contribution in [-0.2, 0) is 0 Å². The van der Waals surface area contributed by atoms with Crippen molar-refractivity contribution in [3.05, 3.63) is 41.8 Å². The van der Waals surface area contributed by atoms with Crippen LogP contribution in [0.5, 0.6) is 5.75 Å². The number of amides is 1. The van der Waals surface area contributed by atoms with Gasteiger partial charge in [0, 0.05) is 18.5 Å². The second kappa shape index (κ2) is 6.78. The van der Waals surface area contributed by atoms with Crippen LogP contribution in [0, 0.1) is 0 Å². The fraction of sp³-hybridized carbons (Fsp3) is 0.412. The number of phenolic OH excluding ortho intramolecular Hbond substituents is 1. The number of benzene rings is 1. The number of rotatable bonds is 4. The number of aromatic nitrogens is 6. The molecule has 1 aliphatic rings. The van der Waals surface area contributed by atoms with Gasteiger partial charge in [-0.25, -0.2) is 4.68 Å². The lowest BCUT2D eigenvalue weighted by atomic mass is 10.1. The van der Waals surface area contributed by atoms with E-state index in [1.165, 1.54) is 17.1 Å². The highest BCUT2D eigenvalue weighted by Gasteiger charge is 2.35. The van der Waals surface area contributed by atoms with Gasteiger partial charge in [-0.15, -0.1) is 5.10 Å². The van der Waals surface area contributed by atoms with Crippen LogP contribution in [0.2, 0.25) is 0 Å². The average Bonchev–Trinajstić information content (AvgIpc) is 3.41. The van der Waals surface area contributed by atoms with Crippen LogP contribution in [0.3, 0.4) is 0 Å². The van der Waals surface area contributed by atoms with Gasteiger partial charge in [-0.3, -0.25) is 4.79 Å². The molecule has 0 saturated carbocycles. The Labute approximate surface area is 154 Å². The maximum Gasteiger partial charge on any atom is 0.258 e. The summed E-state index contributed by atoms with van der Waals surface area (Å²) in [4.78, 5) is 19.1. The summed E-state index contributed by atoms with van der Waals surface area (Å²) in [5.74, 6) is 0.804. The number of carbonyl (C=O) groups is 1.